The van der Waals surface area contributed by atoms with E-state index in [9.17, 15) is 9.18 Å². The molecule has 1 amide bonds. The number of halogens is 1. The Morgan fingerprint density at radius 3 is 2.96 bits per heavy atom. The molecule has 1 saturated heterocycles. The molecule has 1 aliphatic rings. The van der Waals surface area contributed by atoms with Crippen LogP contribution in [0.4, 0.5) is 4.39 Å². The summed E-state index contributed by atoms with van der Waals surface area (Å²) in [5, 5.41) is 2.90. The molecule has 1 aromatic heterocycles. The van der Waals surface area contributed by atoms with Crippen LogP contribution in [0.15, 0.2) is 28.7 Å². The number of hydrogen-bond acceptors (Lipinski definition) is 5. The lowest BCUT2D eigenvalue weighted by Crippen LogP contribution is -2.51. The van der Waals surface area contributed by atoms with Gasteiger partial charge in [-0.3, -0.25) is 4.79 Å². The SMILES string of the molecule is Cc1nc(C)c(C(=O)N[C@@H]2CCOC[C@H]2Oc2cccc(F)c2)o1. The molecule has 6 nitrogen and oxygen atoms in total. The molecule has 128 valence electrons. The third kappa shape index (κ3) is 3.73. The Balaban J connectivity index is 1.70. The predicted octanol–water partition coefficient (Wildman–Crippen LogP) is 2.40. The molecule has 0 bridgehead atoms. The van der Waals surface area contributed by atoms with Crippen molar-refractivity contribution in [3.63, 3.8) is 0 Å². The van der Waals surface area contributed by atoms with Crippen molar-refractivity contribution >= 4 is 5.91 Å². The van der Waals surface area contributed by atoms with Crippen molar-refractivity contribution in [3.05, 3.63) is 47.4 Å². The third-order valence-corrected chi connectivity index (χ3v) is 3.81. The van der Waals surface area contributed by atoms with Gasteiger partial charge in [-0.05, 0) is 25.5 Å². The minimum absolute atomic E-state index is 0.198. The van der Waals surface area contributed by atoms with Crippen molar-refractivity contribution in [1.29, 1.82) is 0 Å². The van der Waals surface area contributed by atoms with Gasteiger partial charge < -0.3 is 19.2 Å². The first kappa shape index (κ1) is 16.4. The van der Waals surface area contributed by atoms with Crippen LogP contribution in [0.1, 0.15) is 28.6 Å². The molecular formula is C17H19FN2O4. The highest BCUT2D eigenvalue weighted by Crippen LogP contribution is 2.19. The standard InChI is InChI=1S/C17H19FN2O4/c1-10-16(23-11(2)19-10)17(21)20-14-6-7-22-9-15(14)24-13-5-3-4-12(18)8-13/h3-5,8,14-15H,6-7,9H2,1-2H3,(H,20,21)/t14-,15-/m1/s1. The van der Waals surface area contributed by atoms with Crippen molar-refractivity contribution in [2.24, 2.45) is 0 Å². The highest BCUT2D eigenvalue weighted by Gasteiger charge is 2.30. The van der Waals surface area contributed by atoms with Gasteiger partial charge in [-0.1, -0.05) is 6.07 Å². The third-order valence-electron chi connectivity index (χ3n) is 3.81. The van der Waals surface area contributed by atoms with Gasteiger partial charge >= 0.3 is 0 Å². The Kier molecular flexibility index (Phi) is 4.80. The Bertz CT molecular complexity index is 731. The van der Waals surface area contributed by atoms with E-state index in [2.05, 4.69) is 10.3 Å². The number of ether oxygens (including phenoxy) is 2. The van der Waals surface area contributed by atoms with E-state index in [0.29, 0.717) is 37.0 Å². The second-order valence-corrected chi connectivity index (χ2v) is 5.70. The van der Waals surface area contributed by atoms with Crippen molar-refractivity contribution < 1.29 is 23.1 Å². The molecule has 7 heteroatoms. The van der Waals surface area contributed by atoms with Gasteiger partial charge in [0.2, 0.25) is 5.76 Å². The Hall–Kier alpha value is -2.41. The number of nitrogens with one attached hydrogen (secondary N) is 1. The van der Waals surface area contributed by atoms with Gasteiger partial charge in [0.05, 0.1) is 18.3 Å². The molecule has 1 aromatic carbocycles. The summed E-state index contributed by atoms with van der Waals surface area (Å²) in [5.74, 6) is 0.322. The van der Waals surface area contributed by atoms with Gasteiger partial charge in [-0.25, -0.2) is 9.37 Å². The quantitative estimate of drug-likeness (QED) is 0.929. The van der Waals surface area contributed by atoms with Gasteiger partial charge in [0.25, 0.3) is 5.91 Å². The van der Waals surface area contributed by atoms with Crippen LogP contribution in [-0.2, 0) is 4.74 Å². The van der Waals surface area contributed by atoms with E-state index < -0.39 is 6.10 Å². The Labute approximate surface area is 139 Å². The molecule has 2 heterocycles. The summed E-state index contributed by atoms with van der Waals surface area (Å²) >= 11 is 0. The van der Waals surface area contributed by atoms with Gasteiger partial charge in [-0.2, -0.15) is 0 Å². The number of aromatic nitrogens is 1. The topological polar surface area (TPSA) is 73.6 Å². The molecule has 0 unspecified atom stereocenters. The normalized spacial score (nSPS) is 20.6. The highest BCUT2D eigenvalue weighted by molar-refractivity contribution is 5.92. The molecule has 0 aliphatic carbocycles. The maximum absolute atomic E-state index is 13.3. The molecule has 0 spiro atoms. The number of oxazole rings is 1. The summed E-state index contributed by atoms with van der Waals surface area (Å²) in [4.78, 5) is 16.5. The fourth-order valence-corrected chi connectivity index (χ4v) is 2.68. The number of rotatable bonds is 4. The monoisotopic (exact) mass is 334 g/mol. The van der Waals surface area contributed by atoms with Gasteiger partial charge in [0, 0.05) is 19.6 Å². The first-order valence-electron chi connectivity index (χ1n) is 7.78. The first-order valence-corrected chi connectivity index (χ1v) is 7.78. The van der Waals surface area contributed by atoms with Crippen LogP contribution < -0.4 is 10.1 Å². The van der Waals surface area contributed by atoms with E-state index in [0.717, 1.165) is 0 Å². The van der Waals surface area contributed by atoms with E-state index in [1.807, 2.05) is 0 Å². The van der Waals surface area contributed by atoms with Crippen LogP contribution in [0.3, 0.4) is 0 Å². The van der Waals surface area contributed by atoms with Crippen molar-refractivity contribution in [2.45, 2.75) is 32.4 Å². The van der Waals surface area contributed by atoms with Crippen LogP contribution >= 0.6 is 0 Å². The van der Waals surface area contributed by atoms with Crippen LogP contribution in [0, 0.1) is 19.7 Å². The van der Waals surface area contributed by atoms with Crippen LogP contribution in [0.5, 0.6) is 5.75 Å². The summed E-state index contributed by atoms with van der Waals surface area (Å²) in [6.07, 6.45) is 0.187. The number of carbonyl (C=O) groups is 1. The lowest BCUT2D eigenvalue weighted by atomic mass is 10.1. The van der Waals surface area contributed by atoms with Crippen LogP contribution in [0.25, 0.3) is 0 Å². The van der Waals surface area contributed by atoms with E-state index in [4.69, 9.17) is 13.9 Å². The van der Waals surface area contributed by atoms with Crippen LogP contribution in [0.2, 0.25) is 0 Å². The largest absolute Gasteiger partial charge is 0.486 e. The molecule has 2 atom stereocenters. The number of benzene rings is 1. The van der Waals surface area contributed by atoms with E-state index >= 15 is 0 Å². The molecule has 1 aliphatic heterocycles. The lowest BCUT2D eigenvalue weighted by Gasteiger charge is -2.32. The van der Waals surface area contributed by atoms with Gasteiger partial charge in [0.1, 0.15) is 17.7 Å². The summed E-state index contributed by atoms with van der Waals surface area (Å²) in [5.41, 5.74) is 0.541. The summed E-state index contributed by atoms with van der Waals surface area (Å²) < 4.78 is 29.9. The number of nitrogens with zero attached hydrogens (tertiary/aromatic N) is 1. The van der Waals surface area contributed by atoms with Gasteiger partial charge in [0.15, 0.2) is 5.89 Å². The fourth-order valence-electron chi connectivity index (χ4n) is 2.68. The summed E-state index contributed by atoms with van der Waals surface area (Å²) in [7, 11) is 0. The molecule has 2 aromatic rings. The van der Waals surface area contributed by atoms with Crippen molar-refractivity contribution in [2.75, 3.05) is 13.2 Å². The average molecular weight is 334 g/mol. The minimum Gasteiger partial charge on any atom is -0.486 e. The summed E-state index contributed by atoms with van der Waals surface area (Å²) in [6.45, 7) is 4.24. The zero-order valence-corrected chi connectivity index (χ0v) is 13.5. The maximum Gasteiger partial charge on any atom is 0.289 e. The smallest absolute Gasteiger partial charge is 0.289 e. The fraction of sp³-hybridized carbons (Fsp3) is 0.412. The van der Waals surface area contributed by atoms with Crippen molar-refractivity contribution in [3.8, 4) is 5.75 Å². The Morgan fingerprint density at radius 2 is 2.25 bits per heavy atom. The summed E-state index contributed by atoms with van der Waals surface area (Å²) in [6, 6.07) is 5.62. The van der Waals surface area contributed by atoms with Gasteiger partial charge in [-0.15, -0.1) is 0 Å². The number of carbonyl (C=O) groups excluding carboxylic acids is 1. The number of hydrogen-bond donors (Lipinski definition) is 1. The second kappa shape index (κ2) is 7.00. The first-order chi connectivity index (χ1) is 11.5. The van der Waals surface area contributed by atoms with Crippen molar-refractivity contribution in [1.82, 2.24) is 10.3 Å². The van der Waals surface area contributed by atoms with Crippen LogP contribution in [-0.4, -0.2) is 36.3 Å². The van der Waals surface area contributed by atoms with E-state index in [1.54, 1.807) is 26.0 Å². The molecule has 0 radical (unpaired) electrons. The molecule has 3 rings (SSSR count). The van der Waals surface area contributed by atoms with E-state index in [1.165, 1.54) is 12.1 Å². The zero-order chi connectivity index (χ0) is 17.1. The minimum atomic E-state index is -0.408. The molecule has 1 fully saturated rings. The zero-order valence-electron chi connectivity index (χ0n) is 13.5. The Morgan fingerprint density at radius 1 is 1.42 bits per heavy atom. The maximum atomic E-state index is 13.3. The molecule has 24 heavy (non-hydrogen) atoms. The highest BCUT2D eigenvalue weighted by atomic mass is 19.1. The predicted molar refractivity (Wildman–Crippen MR) is 83.5 cm³/mol. The number of aryl methyl sites for hydroxylation is 2. The average Bonchev–Trinajstić information content (AvgIpc) is 2.88. The molecular weight excluding hydrogens is 315 g/mol. The lowest BCUT2D eigenvalue weighted by molar-refractivity contribution is -0.0138. The molecule has 0 saturated carbocycles. The second-order valence-electron chi connectivity index (χ2n) is 5.70. The molecule has 1 N–H and O–H groups in total. The number of amides is 1. The van der Waals surface area contributed by atoms with E-state index in [-0.39, 0.29) is 23.5 Å².